The van der Waals surface area contributed by atoms with Crippen LogP contribution in [0.2, 0.25) is 0 Å². The van der Waals surface area contributed by atoms with E-state index in [0.717, 1.165) is 54.3 Å². The fraction of sp³-hybridized carbons (Fsp3) is 0.478. The molecule has 0 spiro atoms. The highest BCUT2D eigenvalue weighted by molar-refractivity contribution is 5.93. The number of aromatic nitrogens is 3. The summed E-state index contributed by atoms with van der Waals surface area (Å²) in [6, 6.07) is 6.18. The number of hydrogen-bond donors (Lipinski definition) is 0. The van der Waals surface area contributed by atoms with E-state index in [9.17, 15) is 4.79 Å². The molecule has 7 nitrogen and oxygen atoms in total. The van der Waals surface area contributed by atoms with Crippen molar-refractivity contribution in [1.29, 1.82) is 0 Å². The first-order valence-corrected chi connectivity index (χ1v) is 10.5. The van der Waals surface area contributed by atoms with Gasteiger partial charge in [-0.3, -0.25) is 9.58 Å². The summed E-state index contributed by atoms with van der Waals surface area (Å²) in [7, 11) is 1.94. The maximum atomic E-state index is 12.9. The molecule has 4 heterocycles. The molecule has 3 aromatic rings. The topological polar surface area (TPSA) is 61.0 Å². The van der Waals surface area contributed by atoms with Gasteiger partial charge < -0.3 is 13.9 Å². The highest BCUT2D eigenvalue weighted by atomic mass is 16.5. The quantitative estimate of drug-likeness (QED) is 0.602. The highest BCUT2D eigenvalue weighted by Crippen LogP contribution is 2.32. The van der Waals surface area contributed by atoms with E-state index >= 15 is 0 Å². The summed E-state index contributed by atoms with van der Waals surface area (Å²) in [4.78, 5) is 15.3. The summed E-state index contributed by atoms with van der Waals surface area (Å²) in [6.07, 6.45) is 3.78. The number of ether oxygens (including phenoxy) is 2. The van der Waals surface area contributed by atoms with Crippen LogP contribution in [0.1, 0.15) is 48.4 Å². The zero-order valence-electron chi connectivity index (χ0n) is 18.4. The van der Waals surface area contributed by atoms with Gasteiger partial charge in [0.1, 0.15) is 0 Å². The van der Waals surface area contributed by atoms with Crippen LogP contribution in [0.25, 0.3) is 16.8 Å². The lowest BCUT2D eigenvalue weighted by atomic mass is 10.0. The van der Waals surface area contributed by atoms with Crippen LogP contribution in [0.3, 0.4) is 0 Å². The molecule has 0 saturated carbocycles. The average Bonchev–Trinajstić information content (AvgIpc) is 3.32. The lowest BCUT2D eigenvalue weighted by Gasteiger charge is -2.34. The lowest BCUT2D eigenvalue weighted by molar-refractivity contribution is 0.0186. The maximum Gasteiger partial charge on any atom is 0.338 e. The molecule has 0 bridgehead atoms. The van der Waals surface area contributed by atoms with Gasteiger partial charge in [-0.1, -0.05) is 0 Å². The van der Waals surface area contributed by atoms with E-state index in [0.29, 0.717) is 5.56 Å². The number of nitrogens with zero attached hydrogens (tertiary/aromatic N) is 4. The summed E-state index contributed by atoms with van der Waals surface area (Å²) < 4.78 is 15.2. The predicted molar refractivity (Wildman–Crippen MR) is 116 cm³/mol. The Balaban J connectivity index is 1.88. The molecule has 7 heteroatoms. The first kappa shape index (κ1) is 20.6. The SMILES string of the molecule is Cc1c(C(=O)OC(C)C)cc2cc(-c3ccnn3C)cn2c1C(C)N1CCOCC1. The highest BCUT2D eigenvalue weighted by Gasteiger charge is 2.26. The first-order chi connectivity index (χ1) is 14.4. The molecular formula is C23H30N4O3. The van der Waals surface area contributed by atoms with E-state index in [1.54, 1.807) is 6.20 Å². The minimum Gasteiger partial charge on any atom is -0.459 e. The van der Waals surface area contributed by atoms with Crippen molar-refractivity contribution in [1.82, 2.24) is 19.1 Å². The minimum absolute atomic E-state index is 0.134. The lowest BCUT2D eigenvalue weighted by Crippen LogP contribution is -2.39. The molecule has 4 rings (SSSR count). The van der Waals surface area contributed by atoms with Crippen molar-refractivity contribution in [3.05, 3.63) is 47.4 Å². The van der Waals surface area contributed by atoms with Crippen molar-refractivity contribution < 1.29 is 14.3 Å². The molecule has 1 unspecified atom stereocenters. The molecule has 0 aromatic carbocycles. The molecule has 3 aromatic heterocycles. The van der Waals surface area contributed by atoms with E-state index < -0.39 is 0 Å². The van der Waals surface area contributed by atoms with Crippen LogP contribution < -0.4 is 0 Å². The van der Waals surface area contributed by atoms with Crippen LogP contribution in [0.15, 0.2) is 30.6 Å². The fourth-order valence-corrected chi connectivity index (χ4v) is 4.31. The fourth-order valence-electron chi connectivity index (χ4n) is 4.31. The zero-order valence-corrected chi connectivity index (χ0v) is 18.4. The summed E-state index contributed by atoms with van der Waals surface area (Å²) in [5.41, 5.74) is 5.77. The van der Waals surface area contributed by atoms with Gasteiger partial charge in [0, 0.05) is 55.3 Å². The van der Waals surface area contributed by atoms with Gasteiger partial charge in [-0.25, -0.2) is 4.79 Å². The molecule has 0 amide bonds. The monoisotopic (exact) mass is 410 g/mol. The average molecular weight is 411 g/mol. The summed E-state index contributed by atoms with van der Waals surface area (Å²) in [5, 5.41) is 4.30. The number of carbonyl (C=O) groups excluding carboxylic acids is 1. The Bertz CT molecular complexity index is 1060. The van der Waals surface area contributed by atoms with E-state index in [4.69, 9.17) is 9.47 Å². The van der Waals surface area contributed by atoms with E-state index in [-0.39, 0.29) is 18.1 Å². The number of hydrogen-bond acceptors (Lipinski definition) is 5. The third-order valence-electron chi connectivity index (χ3n) is 5.86. The number of esters is 1. The third kappa shape index (κ3) is 3.75. The maximum absolute atomic E-state index is 12.9. The van der Waals surface area contributed by atoms with Crippen molar-refractivity contribution in [2.75, 3.05) is 26.3 Å². The molecular weight excluding hydrogens is 380 g/mol. The van der Waals surface area contributed by atoms with Crippen LogP contribution in [0, 0.1) is 6.92 Å². The largest absolute Gasteiger partial charge is 0.459 e. The van der Waals surface area contributed by atoms with Crippen LogP contribution >= 0.6 is 0 Å². The Hall–Kier alpha value is -2.64. The molecule has 1 aliphatic rings. The second-order valence-electron chi connectivity index (χ2n) is 8.21. The summed E-state index contributed by atoms with van der Waals surface area (Å²) in [5.74, 6) is -0.274. The molecule has 0 aliphatic carbocycles. The second kappa shape index (κ2) is 8.24. The molecule has 160 valence electrons. The van der Waals surface area contributed by atoms with Crippen LogP contribution in [0.4, 0.5) is 0 Å². The second-order valence-corrected chi connectivity index (χ2v) is 8.21. The molecule has 1 atom stereocenters. The zero-order chi connectivity index (χ0) is 21.4. The van der Waals surface area contributed by atoms with Gasteiger partial charge >= 0.3 is 5.97 Å². The molecule has 1 aliphatic heterocycles. The van der Waals surface area contributed by atoms with Crippen molar-refractivity contribution in [3.63, 3.8) is 0 Å². The summed E-state index contributed by atoms with van der Waals surface area (Å²) in [6.45, 7) is 11.2. The first-order valence-electron chi connectivity index (χ1n) is 10.5. The Morgan fingerprint density at radius 3 is 2.57 bits per heavy atom. The van der Waals surface area contributed by atoms with Crippen molar-refractivity contribution in [3.8, 4) is 11.3 Å². The standard InChI is InChI=1S/C23H30N4O3/c1-15(2)30-23(28)20-13-19-12-18(21-6-7-24-25(21)5)14-27(19)22(16(20)3)17(4)26-8-10-29-11-9-26/h6-7,12-15,17H,8-11H2,1-5H3. The van der Waals surface area contributed by atoms with Gasteiger partial charge in [0.05, 0.1) is 30.6 Å². The number of aryl methyl sites for hydroxylation is 1. The normalized spacial score (nSPS) is 16.3. The van der Waals surface area contributed by atoms with Crippen molar-refractivity contribution >= 4 is 11.5 Å². The van der Waals surface area contributed by atoms with Gasteiger partial charge in [0.15, 0.2) is 0 Å². The molecule has 30 heavy (non-hydrogen) atoms. The number of fused-ring (bicyclic) bond motifs is 1. The van der Waals surface area contributed by atoms with Crippen molar-refractivity contribution in [2.45, 2.75) is 39.8 Å². The molecule has 0 radical (unpaired) electrons. The van der Waals surface area contributed by atoms with Gasteiger partial charge in [-0.05, 0) is 51.5 Å². The van der Waals surface area contributed by atoms with Crippen LogP contribution in [-0.4, -0.2) is 57.5 Å². The molecule has 1 saturated heterocycles. The Morgan fingerprint density at radius 2 is 1.93 bits per heavy atom. The van der Waals surface area contributed by atoms with Gasteiger partial charge in [-0.2, -0.15) is 5.10 Å². The Labute approximate surface area is 177 Å². The van der Waals surface area contributed by atoms with Crippen LogP contribution in [-0.2, 0) is 16.5 Å². The van der Waals surface area contributed by atoms with E-state index in [2.05, 4.69) is 33.6 Å². The molecule has 0 N–H and O–H groups in total. The molecule has 1 fully saturated rings. The van der Waals surface area contributed by atoms with E-state index in [1.165, 1.54) is 0 Å². The van der Waals surface area contributed by atoms with Crippen LogP contribution in [0.5, 0.6) is 0 Å². The minimum atomic E-state index is -0.274. The van der Waals surface area contributed by atoms with Gasteiger partial charge in [0.2, 0.25) is 0 Å². The van der Waals surface area contributed by atoms with E-state index in [1.807, 2.05) is 44.6 Å². The number of morpholine rings is 1. The van der Waals surface area contributed by atoms with Gasteiger partial charge in [-0.15, -0.1) is 0 Å². The number of rotatable bonds is 5. The number of pyridine rings is 1. The summed E-state index contributed by atoms with van der Waals surface area (Å²) >= 11 is 0. The third-order valence-corrected chi connectivity index (χ3v) is 5.86. The predicted octanol–water partition coefficient (Wildman–Crippen LogP) is 3.61. The Morgan fingerprint density at radius 1 is 1.20 bits per heavy atom. The Kier molecular flexibility index (Phi) is 5.66. The smallest absolute Gasteiger partial charge is 0.338 e. The number of carbonyl (C=O) groups is 1. The van der Waals surface area contributed by atoms with Crippen molar-refractivity contribution in [2.24, 2.45) is 7.05 Å². The van der Waals surface area contributed by atoms with Gasteiger partial charge in [0.25, 0.3) is 0 Å².